The summed E-state index contributed by atoms with van der Waals surface area (Å²) in [6.45, 7) is 8.52. The minimum absolute atomic E-state index is 0.134. The van der Waals surface area contributed by atoms with Crippen LogP contribution in [0.3, 0.4) is 0 Å². The van der Waals surface area contributed by atoms with Crippen LogP contribution in [0.15, 0.2) is 54.6 Å². The molecular formula is C25H29ClN4O. The van der Waals surface area contributed by atoms with Crippen LogP contribution in [0.25, 0.3) is 10.9 Å². The second-order valence-electron chi connectivity index (χ2n) is 8.24. The number of carbonyl (C=O) groups is 1. The molecule has 0 bridgehead atoms. The van der Waals surface area contributed by atoms with Crippen LogP contribution >= 0.6 is 11.6 Å². The zero-order chi connectivity index (χ0) is 21.8. The standard InChI is InChI=1S/C25H29ClN4O/c1-18(20-6-4-3-5-7-20)16-27-17-22-14-21-8-9-23(26)15-24(21)28-25(22)30-12-10-29(11-13-30)19(2)31/h3-9,14-15,18,27H,10-13,16-17H2,1-2H3. The number of halogens is 1. The van der Waals surface area contributed by atoms with Crippen LogP contribution in [0.1, 0.15) is 30.9 Å². The average Bonchev–Trinajstić information content (AvgIpc) is 2.79. The van der Waals surface area contributed by atoms with Gasteiger partial charge in [-0.1, -0.05) is 54.9 Å². The molecule has 0 aliphatic carbocycles. The Balaban J connectivity index is 1.53. The summed E-state index contributed by atoms with van der Waals surface area (Å²) in [6, 6.07) is 18.6. The summed E-state index contributed by atoms with van der Waals surface area (Å²) < 4.78 is 0. The normalized spacial score (nSPS) is 15.3. The van der Waals surface area contributed by atoms with Crippen LogP contribution in [0.2, 0.25) is 5.02 Å². The van der Waals surface area contributed by atoms with Gasteiger partial charge in [-0.25, -0.2) is 4.98 Å². The zero-order valence-corrected chi connectivity index (χ0v) is 18.9. The van der Waals surface area contributed by atoms with Crippen LogP contribution in [0.4, 0.5) is 5.82 Å². The molecule has 1 amide bonds. The van der Waals surface area contributed by atoms with Gasteiger partial charge in [-0.2, -0.15) is 0 Å². The first kappa shape index (κ1) is 21.6. The SMILES string of the molecule is CC(=O)N1CCN(c2nc3cc(Cl)ccc3cc2CNCC(C)c2ccccc2)CC1. The molecule has 0 radical (unpaired) electrons. The van der Waals surface area contributed by atoms with E-state index in [-0.39, 0.29) is 5.91 Å². The lowest BCUT2D eigenvalue weighted by molar-refractivity contribution is -0.129. The van der Waals surface area contributed by atoms with E-state index in [1.165, 1.54) is 11.1 Å². The summed E-state index contributed by atoms with van der Waals surface area (Å²) in [5.74, 6) is 1.54. The average molecular weight is 437 g/mol. The predicted molar refractivity (Wildman–Crippen MR) is 128 cm³/mol. The molecule has 0 saturated carbocycles. The Kier molecular flexibility index (Phi) is 6.73. The van der Waals surface area contributed by atoms with Gasteiger partial charge in [0, 0.05) is 62.2 Å². The van der Waals surface area contributed by atoms with E-state index in [9.17, 15) is 4.79 Å². The molecule has 1 aromatic heterocycles. The van der Waals surface area contributed by atoms with E-state index in [0.717, 1.165) is 56.0 Å². The van der Waals surface area contributed by atoms with E-state index in [1.807, 2.05) is 23.1 Å². The maximum Gasteiger partial charge on any atom is 0.219 e. The number of nitrogens with one attached hydrogen (secondary N) is 1. The van der Waals surface area contributed by atoms with Crippen molar-refractivity contribution in [2.75, 3.05) is 37.6 Å². The molecule has 6 heteroatoms. The summed E-state index contributed by atoms with van der Waals surface area (Å²) >= 11 is 6.22. The molecule has 1 unspecified atom stereocenters. The Labute approximate surface area is 189 Å². The summed E-state index contributed by atoms with van der Waals surface area (Å²) in [5, 5.41) is 5.40. The number of piperazine rings is 1. The van der Waals surface area contributed by atoms with Crippen molar-refractivity contribution in [2.45, 2.75) is 26.3 Å². The molecule has 1 saturated heterocycles. The minimum Gasteiger partial charge on any atom is -0.353 e. The van der Waals surface area contributed by atoms with Crippen LogP contribution in [0, 0.1) is 0 Å². The minimum atomic E-state index is 0.134. The van der Waals surface area contributed by atoms with Crippen molar-refractivity contribution in [1.82, 2.24) is 15.2 Å². The lowest BCUT2D eigenvalue weighted by Crippen LogP contribution is -2.48. The second-order valence-corrected chi connectivity index (χ2v) is 8.68. The lowest BCUT2D eigenvalue weighted by atomic mass is 10.0. The van der Waals surface area contributed by atoms with Crippen molar-refractivity contribution in [3.8, 4) is 0 Å². The molecule has 2 aromatic carbocycles. The molecule has 3 aromatic rings. The molecule has 1 aliphatic heterocycles. The largest absolute Gasteiger partial charge is 0.353 e. The monoisotopic (exact) mass is 436 g/mol. The number of benzene rings is 2. The second kappa shape index (κ2) is 9.67. The Morgan fingerprint density at radius 3 is 2.55 bits per heavy atom. The van der Waals surface area contributed by atoms with E-state index in [2.05, 4.69) is 53.5 Å². The highest BCUT2D eigenvalue weighted by atomic mass is 35.5. The van der Waals surface area contributed by atoms with Gasteiger partial charge >= 0.3 is 0 Å². The number of rotatable bonds is 6. The van der Waals surface area contributed by atoms with Crippen LogP contribution in [-0.4, -0.2) is 48.5 Å². The van der Waals surface area contributed by atoms with Gasteiger partial charge in [0.05, 0.1) is 5.52 Å². The molecule has 2 heterocycles. The van der Waals surface area contributed by atoms with E-state index in [1.54, 1.807) is 6.92 Å². The number of hydrogen-bond acceptors (Lipinski definition) is 4. The molecule has 1 aliphatic rings. The van der Waals surface area contributed by atoms with Crippen molar-refractivity contribution in [3.63, 3.8) is 0 Å². The molecule has 1 N–H and O–H groups in total. The molecule has 1 fully saturated rings. The first-order valence-corrected chi connectivity index (χ1v) is 11.2. The molecule has 5 nitrogen and oxygen atoms in total. The maximum atomic E-state index is 11.7. The van der Waals surface area contributed by atoms with E-state index < -0.39 is 0 Å². The van der Waals surface area contributed by atoms with Gasteiger partial charge in [-0.15, -0.1) is 0 Å². The highest BCUT2D eigenvalue weighted by Crippen LogP contribution is 2.27. The number of carbonyl (C=O) groups excluding carboxylic acids is 1. The number of aromatic nitrogens is 1. The number of anilines is 1. The number of nitrogens with zero attached hydrogens (tertiary/aromatic N) is 3. The van der Waals surface area contributed by atoms with Crippen molar-refractivity contribution >= 4 is 34.2 Å². The molecule has 1 atom stereocenters. The van der Waals surface area contributed by atoms with Crippen molar-refractivity contribution in [2.24, 2.45) is 0 Å². The number of amides is 1. The van der Waals surface area contributed by atoms with E-state index in [0.29, 0.717) is 10.9 Å². The number of fused-ring (bicyclic) bond motifs is 1. The zero-order valence-electron chi connectivity index (χ0n) is 18.1. The summed E-state index contributed by atoms with van der Waals surface area (Å²) in [4.78, 5) is 20.9. The van der Waals surface area contributed by atoms with Gasteiger partial charge in [0.25, 0.3) is 0 Å². The predicted octanol–water partition coefficient (Wildman–Crippen LogP) is 4.45. The topological polar surface area (TPSA) is 48.5 Å². The van der Waals surface area contributed by atoms with Gasteiger partial charge in [0.1, 0.15) is 5.82 Å². The van der Waals surface area contributed by atoms with E-state index in [4.69, 9.17) is 16.6 Å². The quantitative estimate of drug-likeness (QED) is 0.620. The third-order valence-corrected chi connectivity index (χ3v) is 6.23. The molecule has 0 spiro atoms. The van der Waals surface area contributed by atoms with Crippen LogP contribution < -0.4 is 10.2 Å². The van der Waals surface area contributed by atoms with Gasteiger partial charge < -0.3 is 15.1 Å². The Hall–Kier alpha value is -2.63. The van der Waals surface area contributed by atoms with Crippen LogP contribution in [0.5, 0.6) is 0 Å². The van der Waals surface area contributed by atoms with Crippen molar-refractivity contribution in [1.29, 1.82) is 0 Å². The van der Waals surface area contributed by atoms with Crippen molar-refractivity contribution < 1.29 is 4.79 Å². The number of hydrogen-bond donors (Lipinski definition) is 1. The maximum absolute atomic E-state index is 11.7. The Morgan fingerprint density at radius 2 is 1.84 bits per heavy atom. The smallest absolute Gasteiger partial charge is 0.219 e. The molecule has 31 heavy (non-hydrogen) atoms. The molecule has 162 valence electrons. The fraction of sp³-hybridized carbons (Fsp3) is 0.360. The molecule has 4 rings (SSSR count). The highest BCUT2D eigenvalue weighted by Gasteiger charge is 2.22. The van der Waals surface area contributed by atoms with Gasteiger partial charge in [-0.05, 0) is 29.7 Å². The fourth-order valence-corrected chi connectivity index (χ4v) is 4.30. The summed E-state index contributed by atoms with van der Waals surface area (Å²) in [5.41, 5.74) is 3.41. The Bertz CT molecular complexity index is 1050. The fourth-order valence-electron chi connectivity index (χ4n) is 4.13. The van der Waals surface area contributed by atoms with Gasteiger partial charge in [0.2, 0.25) is 5.91 Å². The van der Waals surface area contributed by atoms with Crippen LogP contribution in [-0.2, 0) is 11.3 Å². The summed E-state index contributed by atoms with van der Waals surface area (Å²) in [6.07, 6.45) is 0. The van der Waals surface area contributed by atoms with Crippen molar-refractivity contribution in [3.05, 3.63) is 70.7 Å². The summed E-state index contributed by atoms with van der Waals surface area (Å²) in [7, 11) is 0. The first-order chi connectivity index (χ1) is 15.0. The Morgan fingerprint density at radius 1 is 1.10 bits per heavy atom. The lowest BCUT2D eigenvalue weighted by Gasteiger charge is -2.36. The van der Waals surface area contributed by atoms with Gasteiger partial charge in [0.15, 0.2) is 0 Å². The van der Waals surface area contributed by atoms with E-state index >= 15 is 0 Å². The van der Waals surface area contributed by atoms with Gasteiger partial charge in [-0.3, -0.25) is 4.79 Å². The third-order valence-electron chi connectivity index (χ3n) is 5.99. The third kappa shape index (κ3) is 5.17. The number of pyridine rings is 1. The molecular weight excluding hydrogens is 408 g/mol. The first-order valence-electron chi connectivity index (χ1n) is 10.9. The highest BCUT2D eigenvalue weighted by molar-refractivity contribution is 6.31.